The minimum atomic E-state index is -0.281. The molecule has 0 spiro atoms. The molecule has 4 aromatic rings. The third-order valence-electron chi connectivity index (χ3n) is 5.62. The summed E-state index contributed by atoms with van der Waals surface area (Å²) in [7, 11) is 0. The number of nitriles is 1. The molecule has 5 nitrogen and oxygen atoms in total. The summed E-state index contributed by atoms with van der Waals surface area (Å²) < 4.78 is 1.62. The largest absolute Gasteiger partial charge is 0.369 e. The number of ketones is 1. The lowest BCUT2D eigenvalue weighted by Gasteiger charge is -2.10. The van der Waals surface area contributed by atoms with E-state index < -0.39 is 0 Å². The molecule has 0 atom stereocenters. The molecule has 4 rings (SSSR count). The van der Waals surface area contributed by atoms with Crippen molar-refractivity contribution in [3.05, 3.63) is 112 Å². The van der Waals surface area contributed by atoms with Crippen LogP contribution < -0.4 is 5.32 Å². The lowest BCUT2D eigenvalue weighted by atomic mass is 10.0. The standard InChI is InChI=1S/C28H25ClN4O/c1-20-10-12-22(13-11-20)27(34)26-25(19-30)28(33(32-26)24-16-14-23(29)15-17-24)31-18-6-5-9-21-7-3-2-4-8-21/h2-4,7-8,10-17,31H,5-6,9,18H2,1H3. The second-order valence-corrected chi connectivity index (χ2v) is 8.57. The van der Waals surface area contributed by atoms with Crippen molar-refractivity contribution in [2.45, 2.75) is 26.2 Å². The number of aromatic nitrogens is 2. The molecule has 0 aliphatic carbocycles. The number of carbonyl (C=O) groups excluding carboxylic acids is 1. The van der Waals surface area contributed by atoms with Crippen LogP contribution in [0, 0.1) is 18.3 Å². The summed E-state index contributed by atoms with van der Waals surface area (Å²) in [5.41, 5.74) is 3.95. The quantitative estimate of drug-likeness (QED) is 0.229. The van der Waals surface area contributed by atoms with E-state index in [1.54, 1.807) is 28.9 Å². The molecule has 170 valence electrons. The molecule has 0 saturated heterocycles. The number of nitrogens with zero attached hydrogens (tertiary/aromatic N) is 3. The van der Waals surface area contributed by atoms with E-state index in [-0.39, 0.29) is 17.0 Å². The molecule has 0 fully saturated rings. The number of hydrogen-bond donors (Lipinski definition) is 1. The molecule has 0 aliphatic rings. The number of halogens is 1. The Morgan fingerprint density at radius 2 is 1.71 bits per heavy atom. The van der Waals surface area contributed by atoms with E-state index in [9.17, 15) is 10.1 Å². The zero-order valence-corrected chi connectivity index (χ0v) is 19.7. The van der Waals surface area contributed by atoms with Gasteiger partial charge in [0.1, 0.15) is 17.5 Å². The Bertz CT molecular complexity index is 1300. The minimum Gasteiger partial charge on any atom is -0.369 e. The second kappa shape index (κ2) is 10.8. The Hall–Kier alpha value is -3.88. The highest BCUT2D eigenvalue weighted by Crippen LogP contribution is 2.26. The summed E-state index contributed by atoms with van der Waals surface area (Å²) in [4.78, 5) is 13.2. The molecule has 3 aromatic carbocycles. The van der Waals surface area contributed by atoms with Crippen LogP contribution in [0.1, 0.15) is 45.6 Å². The third kappa shape index (κ3) is 5.36. The van der Waals surface area contributed by atoms with Crippen LogP contribution in [0.15, 0.2) is 78.9 Å². The SMILES string of the molecule is Cc1ccc(C(=O)c2nn(-c3ccc(Cl)cc3)c(NCCCCc3ccccc3)c2C#N)cc1. The first-order valence-corrected chi connectivity index (χ1v) is 11.6. The van der Waals surface area contributed by atoms with Gasteiger partial charge in [-0.2, -0.15) is 10.4 Å². The van der Waals surface area contributed by atoms with Crippen LogP contribution in [0.4, 0.5) is 5.82 Å². The summed E-state index contributed by atoms with van der Waals surface area (Å²) in [6.07, 6.45) is 2.90. The van der Waals surface area contributed by atoms with Crippen LogP contribution in [0.5, 0.6) is 0 Å². The maximum absolute atomic E-state index is 13.2. The monoisotopic (exact) mass is 468 g/mol. The fraction of sp³-hybridized carbons (Fsp3) is 0.179. The maximum Gasteiger partial charge on any atom is 0.214 e. The van der Waals surface area contributed by atoms with Gasteiger partial charge in [-0.25, -0.2) is 4.68 Å². The van der Waals surface area contributed by atoms with Crippen molar-refractivity contribution in [3.63, 3.8) is 0 Å². The molecule has 6 heteroatoms. The van der Waals surface area contributed by atoms with Gasteiger partial charge < -0.3 is 5.32 Å². The van der Waals surface area contributed by atoms with Crippen LogP contribution >= 0.6 is 11.6 Å². The van der Waals surface area contributed by atoms with Crippen LogP contribution in [0.3, 0.4) is 0 Å². The molecule has 0 amide bonds. The highest BCUT2D eigenvalue weighted by molar-refractivity contribution is 6.30. The summed E-state index contributed by atoms with van der Waals surface area (Å²) >= 11 is 6.06. The average molecular weight is 469 g/mol. The molecule has 34 heavy (non-hydrogen) atoms. The van der Waals surface area contributed by atoms with Gasteiger partial charge >= 0.3 is 0 Å². The lowest BCUT2D eigenvalue weighted by molar-refractivity contribution is 0.103. The van der Waals surface area contributed by atoms with Crippen LogP contribution in [0.25, 0.3) is 5.69 Å². The number of hydrogen-bond acceptors (Lipinski definition) is 4. The van der Waals surface area contributed by atoms with E-state index in [2.05, 4.69) is 28.6 Å². The van der Waals surface area contributed by atoms with Gasteiger partial charge in [-0.1, -0.05) is 71.8 Å². The third-order valence-corrected chi connectivity index (χ3v) is 5.88. The molecular formula is C28H25ClN4O. The van der Waals surface area contributed by atoms with Gasteiger partial charge in [0.25, 0.3) is 0 Å². The number of unbranched alkanes of at least 4 members (excludes halogenated alkanes) is 1. The average Bonchev–Trinajstić information content (AvgIpc) is 3.23. The lowest BCUT2D eigenvalue weighted by Crippen LogP contribution is -2.09. The fourth-order valence-corrected chi connectivity index (χ4v) is 3.89. The van der Waals surface area contributed by atoms with Crippen LogP contribution in [0.2, 0.25) is 5.02 Å². The van der Waals surface area contributed by atoms with Gasteiger partial charge in [-0.3, -0.25) is 4.79 Å². The molecule has 0 unspecified atom stereocenters. The van der Waals surface area contributed by atoms with Gasteiger partial charge in [0.05, 0.1) is 5.69 Å². The van der Waals surface area contributed by atoms with Crippen molar-refractivity contribution in [2.24, 2.45) is 0 Å². The molecule has 0 aliphatic heterocycles. The van der Waals surface area contributed by atoms with E-state index in [0.717, 1.165) is 30.5 Å². The van der Waals surface area contributed by atoms with Gasteiger partial charge in [-0.15, -0.1) is 0 Å². The molecule has 0 radical (unpaired) electrons. The van der Waals surface area contributed by atoms with Gasteiger partial charge in [-0.05, 0) is 56.0 Å². The van der Waals surface area contributed by atoms with E-state index in [1.807, 2.05) is 49.4 Å². The predicted molar refractivity (Wildman–Crippen MR) is 136 cm³/mol. The number of benzene rings is 3. The summed E-state index contributed by atoms with van der Waals surface area (Å²) in [6, 6.07) is 27.0. The molecule has 1 aromatic heterocycles. The molecular weight excluding hydrogens is 444 g/mol. The topological polar surface area (TPSA) is 70.7 Å². The first-order chi connectivity index (χ1) is 16.6. The van der Waals surface area contributed by atoms with E-state index in [0.29, 0.717) is 22.9 Å². The Kier molecular flexibility index (Phi) is 7.41. The fourth-order valence-electron chi connectivity index (χ4n) is 3.76. The minimum absolute atomic E-state index is 0.132. The Balaban J connectivity index is 1.60. The van der Waals surface area contributed by atoms with Crippen molar-refractivity contribution in [1.82, 2.24) is 9.78 Å². The number of anilines is 1. The van der Waals surface area contributed by atoms with Crippen molar-refractivity contribution in [1.29, 1.82) is 5.26 Å². The zero-order valence-electron chi connectivity index (χ0n) is 19.0. The smallest absolute Gasteiger partial charge is 0.214 e. The Morgan fingerprint density at radius 3 is 2.38 bits per heavy atom. The van der Waals surface area contributed by atoms with Gasteiger partial charge in [0.2, 0.25) is 5.78 Å². The normalized spacial score (nSPS) is 10.6. The second-order valence-electron chi connectivity index (χ2n) is 8.14. The van der Waals surface area contributed by atoms with E-state index >= 15 is 0 Å². The highest BCUT2D eigenvalue weighted by Gasteiger charge is 2.25. The number of rotatable bonds is 9. The van der Waals surface area contributed by atoms with E-state index in [4.69, 9.17) is 11.6 Å². The van der Waals surface area contributed by atoms with Crippen LogP contribution in [-0.4, -0.2) is 22.1 Å². The van der Waals surface area contributed by atoms with Crippen molar-refractivity contribution in [3.8, 4) is 11.8 Å². The van der Waals surface area contributed by atoms with Gasteiger partial charge in [0, 0.05) is 17.1 Å². The maximum atomic E-state index is 13.2. The van der Waals surface area contributed by atoms with Crippen molar-refractivity contribution < 1.29 is 4.79 Å². The van der Waals surface area contributed by atoms with Crippen LogP contribution in [-0.2, 0) is 6.42 Å². The van der Waals surface area contributed by atoms with Crippen molar-refractivity contribution >= 4 is 23.2 Å². The molecule has 1 N–H and O–H groups in total. The molecule has 0 bridgehead atoms. The Labute approximate surface area is 204 Å². The first-order valence-electron chi connectivity index (χ1n) is 11.2. The molecule has 0 saturated carbocycles. The first kappa shape index (κ1) is 23.3. The summed E-state index contributed by atoms with van der Waals surface area (Å²) in [5.74, 6) is 0.233. The zero-order chi connectivity index (χ0) is 23.9. The van der Waals surface area contributed by atoms with Crippen molar-refractivity contribution in [2.75, 3.05) is 11.9 Å². The number of aryl methyl sites for hydroxylation is 2. The highest BCUT2D eigenvalue weighted by atomic mass is 35.5. The summed E-state index contributed by atoms with van der Waals surface area (Å²) in [6.45, 7) is 2.61. The Morgan fingerprint density at radius 1 is 1.00 bits per heavy atom. The molecule has 1 heterocycles. The number of carbonyl (C=O) groups is 1. The summed E-state index contributed by atoms with van der Waals surface area (Å²) in [5, 5.41) is 18.5. The number of nitrogens with one attached hydrogen (secondary N) is 1. The van der Waals surface area contributed by atoms with E-state index in [1.165, 1.54) is 5.56 Å². The van der Waals surface area contributed by atoms with Gasteiger partial charge in [0.15, 0.2) is 5.69 Å². The predicted octanol–water partition coefficient (Wildman–Crippen LogP) is 6.37.